The van der Waals surface area contributed by atoms with Gasteiger partial charge in [0.1, 0.15) is 40.2 Å². The lowest BCUT2D eigenvalue weighted by molar-refractivity contribution is -0.148. The van der Waals surface area contributed by atoms with E-state index in [1.165, 1.54) is 45.8 Å². The molecule has 2 unspecified atom stereocenters. The lowest BCUT2D eigenvalue weighted by Gasteiger charge is -2.49. The molecule has 14 heteroatoms. The second kappa shape index (κ2) is 10.9. The number of carboxylic acids is 1. The summed E-state index contributed by atoms with van der Waals surface area (Å²) in [6, 6.07) is 9.66. The van der Waals surface area contributed by atoms with Gasteiger partial charge in [0.15, 0.2) is 10.1 Å². The van der Waals surface area contributed by atoms with Gasteiger partial charge in [0, 0.05) is 11.5 Å². The largest absolute Gasteiger partial charge is 0.484 e. The molecule has 0 saturated carbocycles. The van der Waals surface area contributed by atoms with Gasteiger partial charge in [-0.05, 0) is 52.7 Å². The van der Waals surface area contributed by atoms with E-state index in [9.17, 15) is 19.5 Å². The van der Waals surface area contributed by atoms with Crippen LogP contribution in [0.1, 0.15) is 21.3 Å². The molecular formula is C23H19BrN4O6S3. The van der Waals surface area contributed by atoms with Gasteiger partial charge in [0.05, 0.1) is 4.47 Å². The SMILES string of the molecule is Cc1nnc(SCC2=C(C(=O)O)N3C(=O)C(NC(=O)c4ccc(COc5ccccc5Br)o4)C3SC2)s1. The van der Waals surface area contributed by atoms with Crippen LogP contribution in [0.4, 0.5) is 0 Å². The molecule has 192 valence electrons. The highest BCUT2D eigenvalue weighted by Gasteiger charge is 2.54. The smallest absolute Gasteiger partial charge is 0.352 e. The van der Waals surface area contributed by atoms with Crippen molar-refractivity contribution in [1.82, 2.24) is 20.4 Å². The van der Waals surface area contributed by atoms with Gasteiger partial charge in [-0.3, -0.25) is 14.5 Å². The molecule has 1 aromatic carbocycles. The molecule has 1 saturated heterocycles. The summed E-state index contributed by atoms with van der Waals surface area (Å²) in [4.78, 5) is 39.0. The first-order chi connectivity index (χ1) is 17.8. The average Bonchev–Trinajstić information content (AvgIpc) is 3.53. The molecule has 2 amide bonds. The molecule has 1 fully saturated rings. The number of halogens is 1. The number of hydrogen-bond acceptors (Lipinski definition) is 10. The maximum absolute atomic E-state index is 12.9. The molecule has 0 radical (unpaired) electrons. The maximum atomic E-state index is 12.9. The number of β-lactam (4-membered cyclic amide) rings is 1. The van der Waals surface area contributed by atoms with Gasteiger partial charge < -0.3 is 19.6 Å². The zero-order chi connectivity index (χ0) is 26.1. The number of nitrogens with one attached hydrogen (secondary N) is 1. The number of nitrogens with zero attached hydrogens (tertiary/aromatic N) is 3. The first kappa shape index (κ1) is 25.8. The number of carboxylic acid groups (broad SMARTS) is 1. The number of thioether (sulfide) groups is 2. The van der Waals surface area contributed by atoms with Crippen molar-refractivity contribution >= 4 is 68.6 Å². The zero-order valence-electron chi connectivity index (χ0n) is 19.2. The van der Waals surface area contributed by atoms with E-state index in [2.05, 4.69) is 31.4 Å². The van der Waals surface area contributed by atoms with E-state index < -0.39 is 29.2 Å². The van der Waals surface area contributed by atoms with Crippen LogP contribution in [0.15, 0.2) is 60.9 Å². The number of hydrogen-bond donors (Lipinski definition) is 2. The summed E-state index contributed by atoms with van der Waals surface area (Å²) in [5.41, 5.74) is 0.600. The fourth-order valence-electron chi connectivity index (χ4n) is 3.78. The Labute approximate surface area is 232 Å². The van der Waals surface area contributed by atoms with Crippen LogP contribution in [-0.2, 0) is 16.2 Å². The molecule has 0 bridgehead atoms. The van der Waals surface area contributed by atoms with Gasteiger partial charge in [0.25, 0.3) is 11.8 Å². The van der Waals surface area contributed by atoms with E-state index in [0.29, 0.717) is 28.6 Å². The number of ether oxygens (including phenoxy) is 1. The molecule has 2 atom stereocenters. The van der Waals surface area contributed by atoms with Crippen molar-refractivity contribution in [2.24, 2.45) is 0 Å². The fraction of sp³-hybridized carbons (Fsp3) is 0.261. The van der Waals surface area contributed by atoms with E-state index >= 15 is 0 Å². The quantitative estimate of drug-likeness (QED) is 0.267. The average molecular weight is 624 g/mol. The molecule has 37 heavy (non-hydrogen) atoms. The van der Waals surface area contributed by atoms with E-state index in [0.717, 1.165) is 13.8 Å². The zero-order valence-corrected chi connectivity index (χ0v) is 23.2. The summed E-state index contributed by atoms with van der Waals surface area (Å²) in [6.07, 6.45) is 0. The summed E-state index contributed by atoms with van der Waals surface area (Å²) in [6.45, 7) is 1.97. The highest BCUT2D eigenvalue weighted by Crippen LogP contribution is 2.42. The van der Waals surface area contributed by atoms with Crippen LogP contribution in [0, 0.1) is 6.92 Å². The van der Waals surface area contributed by atoms with Crippen molar-refractivity contribution in [1.29, 1.82) is 0 Å². The summed E-state index contributed by atoms with van der Waals surface area (Å²) >= 11 is 7.64. The molecule has 10 nitrogen and oxygen atoms in total. The molecule has 5 rings (SSSR count). The van der Waals surface area contributed by atoms with Gasteiger partial charge in [-0.1, -0.05) is 35.2 Å². The van der Waals surface area contributed by atoms with Gasteiger partial charge in [0.2, 0.25) is 0 Å². The van der Waals surface area contributed by atoms with Gasteiger partial charge in [-0.2, -0.15) is 0 Å². The first-order valence-electron chi connectivity index (χ1n) is 10.9. The number of aromatic nitrogens is 2. The standard InChI is InChI=1S/C23H19BrN4O6S3/c1-11-26-27-23(37-11)36-10-12-9-35-21-17(20(30)28(21)18(12)22(31)32)25-19(29)16-7-6-13(34-16)8-33-15-5-3-2-4-14(15)24/h2-7,17,21H,8-10H2,1H3,(H,25,29)(H,31,32). The number of fused-ring (bicyclic) bond motifs is 1. The van der Waals surface area contributed by atoms with Crippen molar-refractivity contribution in [2.75, 3.05) is 11.5 Å². The Morgan fingerprint density at radius 3 is 2.84 bits per heavy atom. The number of furan rings is 1. The lowest BCUT2D eigenvalue weighted by Crippen LogP contribution is -2.70. The van der Waals surface area contributed by atoms with Crippen LogP contribution >= 0.6 is 50.8 Å². The Balaban J connectivity index is 1.21. The molecule has 3 aromatic rings. The van der Waals surface area contributed by atoms with E-state index in [4.69, 9.17) is 9.15 Å². The van der Waals surface area contributed by atoms with Crippen LogP contribution in [0.5, 0.6) is 5.75 Å². The number of rotatable bonds is 9. The van der Waals surface area contributed by atoms with Crippen molar-refractivity contribution in [2.45, 2.75) is 29.3 Å². The second-order valence-corrected chi connectivity index (χ2v) is 12.3. The van der Waals surface area contributed by atoms with E-state index in [1.807, 2.05) is 25.1 Å². The number of carbonyl (C=O) groups is 3. The predicted molar refractivity (Wildman–Crippen MR) is 142 cm³/mol. The molecule has 0 spiro atoms. The first-order valence-corrected chi connectivity index (χ1v) is 14.6. The summed E-state index contributed by atoms with van der Waals surface area (Å²) in [7, 11) is 0. The second-order valence-electron chi connectivity index (χ2n) is 7.98. The minimum absolute atomic E-state index is 0.0301. The summed E-state index contributed by atoms with van der Waals surface area (Å²) in [5, 5.41) is 20.8. The number of aliphatic carboxylic acids is 1. The lowest BCUT2D eigenvalue weighted by atomic mass is 10.0. The molecule has 4 heterocycles. The number of carbonyl (C=O) groups excluding carboxylic acids is 2. The molecule has 2 N–H and O–H groups in total. The monoisotopic (exact) mass is 622 g/mol. The number of benzene rings is 1. The van der Waals surface area contributed by atoms with Gasteiger partial charge in [-0.15, -0.1) is 22.0 Å². The van der Waals surface area contributed by atoms with E-state index in [1.54, 1.807) is 12.1 Å². The topological polar surface area (TPSA) is 135 Å². The van der Waals surface area contributed by atoms with Crippen molar-refractivity contribution < 1.29 is 28.6 Å². The molecule has 2 aliphatic rings. The highest BCUT2D eigenvalue weighted by atomic mass is 79.9. The molecule has 2 aliphatic heterocycles. The highest BCUT2D eigenvalue weighted by molar-refractivity contribution is 9.10. The van der Waals surface area contributed by atoms with Gasteiger partial charge >= 0.3 is 5.97 Å². The van der Waals surface area contributed by atoms with E-state index in [-0.39, 0.29) is 18.1 Å². The predicted octanol–water partition coefficient (Wildman–Crippen LogP) is 3.93. The Hall–Kier alpha value is -2.81. The Bertz CT molecular complexity index is 1410. The Kier molecular flexibility index (Phi) is 7.60. The van der Waals surface area contributed by atoms with Crippen molar-refractivity contribution in [3.8, 4) is 5.75 Å². The summed E-state index contributed by atoms with van der Waals surface area (Å²) < 4.78 is 12.8. The third-order valence-corrected chi connectivity index (χ3v) is 9.56. The van der Waals surface area contributed by atoms with Crippen LogP contribution in [0.25, 0.3) is 0 Å². The van der Waals surface area contributed by atoms with Gasteiger partial charge in [-0.25, -0.2) is 4.79 Å². The number of para-hydroxylation sites is 1. The van der Waals surface area contributed by atoms with Crippen LogP contribution in [0.2, 0.25) is 0 Å². The Morgan fingerprint density at radius 1 is 1.30 bits per heavy atom. The molecular weight excluding hydrogens is 604 g/mol. The summed E-state index contributed by atoms with van der Waals surface area (Å²) in [5.74, 6) is -0.278. The molecule has 2 aromatic heterocycles. The van der Waals surface area contributed by atoms with Crippen molar-refractivity contribution in [3.63, 3.8) is 0 Å². The minimum Gasteiger partial charge on any atom is -0.484 e. The maximum Gasteiger partial charge on any atom is 0.352 e. The fourth-order valence-corrected chi connectivity index (χ4v) is 7.48. The van der Waals surface area contributed by atoms with Crippen molar-refractivity contribution in [3.05, 3.63) is 68.7 Å². The number of aryl methyl sites for hydroxylation is 1. The molecule has 0 aliphatic carbocycles. The normalized spacial score (nSPS) is 18.9. The minimum atomic E-state index is -1.17. The van der Waals surface area contributed by atoms with Crippen LogP contribution in [-0.4, -0.2) is 60.9 Å². The van der Waals surface area contributed by atoms with Crippen LogP contribution in [0.3, 0.4) is 0 Å². The third kappa shape index (κ3) is 5.42. The number of amides is 2. The Morgan fingerprint density at radius 2 is 2.11 bits per heavy atom. The van der Waals surface area contributed by atoms with Crippen LogP contribution < -0.4 is 10.1 Å². The third-order valence-electron chi connectivity index (χ3n) is 5.51.